The van der Waals surface area contributed by atoms with Crippen LogP contribution in [-0.2, 0) is 16.6 Å². The molecule has 0 aromatic heterocycles. The Kier molecular flexibility index (Phi) is 6.41. The van der Waals surface area contributed by atoms with Crippen LogP contribution in [0.25, 0.3) is 0 Å². The molecule has 0 aliphatic heterocycles. The van der Waals surface area contributed by atoms with Crippen molar-refractivity contribution in [2.75, 3.05) is 11.8 Å². The monoisotopic (exact) mass is 430 g/mol. The van der Waals surface area contributed by atoms with Gasteiger partial charge in [-0.2, -0.15) is 0 Å². The zero-order valence-corrected chi connectivity index (χ0v) is 17.1. The van der Waals surface area contributed by atoms with E-state index in [0.29, 0.717) is 17.3 Å². The number of sulfonamides is 1. The fourth-order valence-electron chi connectivity index (χ4n) is 2.62. The Morgan fingerprint density at radius 3 is 2.34 bits per heavy atom. The average Bonchev–Trinajstić information content (AvgIpc) is 2.73. The summed E-state index contributed by atoms with van der Waals surface area (Å²) in [6.07, 6.45) is 0. The number of methoxy groups -OCH3 is 1. The molecule has 0 saturated carbocycles. The summed E-state index contributed by atoms with van der Waals surface area (Å²) >= 11 is 5.83. The van der Waals surface area contributed by atoms with Crippen molar-refractivity contribution in [1.29, 1.82) is 0 Å². The van der Waals surface area contributed by atoms with Crippen molar-refractivity contribution in [3.63, 3.8) is 0 Å². The molecule has 6 nitrogen and oxygen atoms in total. The maximum atomic E-state index is 12.8. The molecule has 2 N–H and O–H groups in total. The van der Waals surface area contributed by atoms with Crippen LogP contribution >= 0.6 is 11.6 Å². The molecule has 0 spiro atoms. The van der Waals surface area contributed by atoms with Gasteiger partial charge in [-0.25, -0.2) is 8.42 Å². The van der Waals surface area contributed by atoms with Gasteiger partial charge in [0.15, 0.2) is 0 Å². The van der Waals surface area contributed by atoms with Crippen LogP contribution in [0.3, 0.4) is 0 Å². The normalized spacial score (nSPS) is 11.0. The van der Waals surface area contributed by atoms with Gasteiger partial charge in [-0.15, -0.1) is 0 Å². The molecule has 0 saturated heterocycles. The summed E-state index contributed by atoms with van der Waals surface area (Å²) < 4.78 is 33.1. The number of anilines is 1. The Hall–Kier alpha value is -3.03. The van der Waals surface area contributed by atoms with Crippen LogP contribution in [0.2, 0.25) is 5.02 Å². The van der Waals surface area contributed by atoms with Crippen molar-refractivity contribution >= 4 is 33.2 Å². The van der Waals surface area contributed by atoms with Crippen LogP contribution < -0.4 is 14.8 Å². The lowest BCUT2D eigenvalue weighted by Crippen LogP contribution is -2.25. The zero-order valence-electron chi connectivity index (χ0n) is 15.6. The maximum Gasteiger partial charge on any atom is 0.261 e. The Labute approximate surface area is 174 Å². The first kappa shape index (κ1) is 20.7. The first-order valence-electron chi connectivity index (χ1n) is 8.67. The molecule has 8 heteroatoms. The highest BCUT2D eigenvalue weighted by Crippen LogP contribution is 2.25. The molecule has 3 aromatic rings. The van der Waals surface area contributed by atoms with Crippen LogP contribution in [0.4, 0.5) is 5.69 Å². The Morgan fingerprint density at radius 1 is 1.00 bits per heavy atom. The lowest BCUT2D eigenvalue weighted by atomic mass is 10.1. The van der Waals surface area contributed by atoms with Gasteiger partial charge in [0, 0.05) is 11.6 Å². The number of halogens is 1. The van der Waals surface area contributed by atoms with E-state index in [2.05, 4.69) is 10.0 Å². The van der Waals surface area contributed by atoms with E-state index in [1.165, 1.54) is 43.5 Å². The van der Waals surface area contributed by atoms with Crippen molar-refractivity contribution in [3.05, 3.63) is 88.9 Å². The standard InChI is InChI=1S/C21H19ClN2O4S/c1-28-17-9-12-20(24-29(26,27)18-10-7-16(22)8-11-18)19(13-17)21(25)23-14-15-5-3-2-4-6-15/h2-13,24H,14H2,1H3,(H,23,25). The Balaban J connectivity index is 1.86. The number of amides is 1. The van der Waals surface area contributed by atoms with Crippen LogP contribution in [0.15, 0.2) is 77.7 Å². The second-order valence-electron chi connectivity index (χ2n) is 6.14. The number of hydrogen-bond acceptors (Lipinski definition) is 4. The van der Waals surface area contributed by atoms with Crippen molar-refractivity contribution in [3.8, 4) is 5.75 Å². The van der Waals surface area contributed by atoms with E-state index in [-0.39, 0.29) is 16.1 Å². The molecular weight excluding hydrogens is 412 g/mol. The zero-order chi connectivity index (χ0) is 20.9. The number of benzene rings is 3. The third-order valence-electron chi connectivity index (χ3n) is 4.14. The maximum absolute atomic E-state index is 12.8. The van der Waals surface area contributed by atoms with E-state index in [0.717, 1.165) is 5.56 Å². The molecule has 1 amide bonds. The van der Waals surface area contributed by atoms with Gasteiger partial charge < -0.3 is 10.1 Å². The number of nitrogens with one attached hydrogen (secondary N) is 2. The fraction of sp³-hybridized carbons (Fsp3) is 0.0952. The van der Waals surface area contributed by atoms with Crippen molar-refractivity contribution in [2.45, 2.75) is 11.4 Å². The van der Waals surface area contributed by atoms with Crippen molar-refractivity contribution in [1.82, 2.24) is 5.32 Å². The highest BCUT2D eigenvalue weighted by Gasteiger charge is 2.19. The summed E-state index contributed by atoms with van der Waals surface area (Å²) in [5.41, 5.74) is 1.22. The summed E-state index contributed by atoms with van der Waals surface area (Å²) in [4.78, 5) is 12.8. The number of carbonyl (C=O) groups excluding carboxylic acids is 1. The Bertz CT molecular complexity index is 1100. The molecule has 0 heterocycles. The largest absolute Gasteiger partial charge is 0.497 e. The molecular formula is C21H19ClN2O4S. The fourth-order valence-corrected chi connectivity index (χ4v) is 3.82. The predicted octanol–water partition coefficient (Wildman–Crippen LogP) is 4.08. The second kappa shape index (κ2) is 8.98. The van der Waals surface area contributed by atoms with E-state index in [4.69, 9.17) is 16.3 Å². The number of rotatable bonds is 7. The molecule has 0 fully saturated rings. The highest BCUT2D eigenvalue weighted by molar-refractivity contribution is 7.92. The number of hydrogen-bond donors (Lipinski definition) is 2. The molecule has 0 unspecified atom stereocenters. The number of carbonyl (C=O) groups is 1. The average molecular weight is 431 g/mol. The molecule has 0 bridgehead atoms. The first-order chi connectivity index (χ1) is 13.9. The van der Waals surface area contributed by atoms with Crippen LogP contribution in [0, 0.1) is 0 Å². The van der Waals surface area contributed by atoms with Crippen molar-refractivity contribution < 1.29 is 17.9 Å². The minimum Gasteiger partial charge on any atom is -0.497 e. The van der Waals surface area contributed by atoms with Crippen LogP contribution in [0.5, 0.6) is 5.75 Å². The van der Waals surface area contributed by atoms with Gasteiger partial charge in [0.1, 0.15) is 5.75 Å². The van der Waals surface area contributed by atoms with Gasteiger partial charge >= 0.3 is 0 Å². The van der Waals surface area contributed by atoms with Crippen LogP contribution in [0.1, 0.15) is 15.9 Å². The summed E-state index contributed by atoms with van der Waals surface area (Å²) in [6.45, 7) is 0.306. The van der Waals surface area contributed by atoms with Gasteiger partial charge in [0.25, 0.3) is 15.9 Å². The lowest BCUT2D eigenvalue weighted by Gasteiger charge is -2.14. The first-order valence-corrected chi connectivity index (χ1v) is 10.5. The summed E-state index contributed by atoms with van der Waals surface area (Å²) in [5.74, 6) is 0.00543. The minimum absolute atomic E-state index is 0.0355. The smallest absolute Gasteiger partial charge is 0.261 e. The van der Waals surface area contributed by atoms with E-state index in [9.17, 15) is 13.2 Å². The molecule has 29 heavy (non-hydrogen) atoms. The van der Waals surface area contributed by atoms with Gasteiger partial charge in [0.2, 0.25) is 0 Å². The molecule has 3 rings (SSSR count). The molecule has 0 aliphatic rings. The van der Waals surface area contributed by atoms with Gasteiger partial charge in [-0.05, 0) is 48.0 Å². The highest BCUT2D eigenvalue weighted by atomic mass is 35.5. The van der Waals surface area contributed by atoms with Gasteiger partial charge in [-0.1, -0.05) is 41.9 Å². The quantitative estimate of drug-likeness (QED) is 0.591. The third-order valence-corrected chi connectivity index (χ3v) is 5.77. The molecule has 0 atom stereocenters. The summed E-state index contributed by atoms with van der Waals surface area (Å²) in [6, 6.07) is 19.7. The third kappa shape index (κ3) is 5.28. The Morgan fingerprint density at radius 2 is 1.69 bits per heavy atom. The van der Waals surface area contributed by atoms with Crippen LogP contribution in [-0.4, -0.2) is 21.4 Å². The van der Waals surface area contributed by atoms with E-state index in [1.807, 2.05) is 30.3 Å². The van der Waals surface area contributed by atoms with E-state index < -0.39 is 15.9 Å². The molecule has 150 valence electrons. The number of ether oxygens (including phenoxy) is 1. The van der Waals surface area contributed by atoms with E-state index >= 15 is 0 Å². The molecule has 0 aliphatic carbocycles. The minimum atomic E-state index is -3.90. The topological polar surface area (TPSA) is 84.5 Å². The summed E-state index contributed by atoms with van der Waals surface area (Å²) in [7, 11) is -2.43. The SMILES string of the molecule is COc1ccc(NS(=O)(=O)c2ccc(Cl)cc2)c(C(=O)NCc2ccccc2)c1. The van der Waals surface area contributed by atoms with E-state index in [1.54, 1.807) is 6.07 Å². The lowest BCUT2D eigenvalue weighted by molar-refractivity contribution is 0.0951. The summed E-state index contributed by atoms with van der Waals surface area (Å²) in [5, 5.41) is 3.22. The molecule has 3 aromatic carbocycles. The molecule has 0 radical (unpaired) electrons. The van der Waals surface area contributed by atoms with Crippen molar-refractivity contribution in [2.24, 2.45) is 0 Å². The van der Waals surface area contributed by atoms with Gasteiger partial charge in [-0.3, -0.25) is 9.52 Å². The predicted molar refractivity (Wildman–Crippen MR) is 113 cm³/mol. The second-order valence-corrected chi connectivity index (χ2v) is 8.26. The van der Waals surface area contributed by atoms with Gasteiger partial charge in [0.05, 0.1) is 23.3 Å².